The van der Waals surface area contributed by atoms with Crippen molar-refractivity contribution in [3.63, 3.8) is 0 Å². The van der Waals surface area contributed by atoms with Crippen LogP contribution in [0.2, 0.25) is 0 Å². The second kappa shape index (κ2) is 4.41. The Kier molecular flexibility index (Phi) is 3.14. The van der Waals surface area contributed by atoms with Gasteiger partial charge in [0, 0.05) is 31.2 Å². The van der Waals surface area contributed by atoms with Crippen LogP contribution in [0.15, 0.2) is 22.7 Å². The molecule has 2 amide bonds. The molecular weight excluding hydrogens is 275 g/mol. The Hall–Kier alpha value is -1.10. The number of nitrogens with zero attached hydrogens (tertiary/aromatic N) is 2. The van der Waals surface area contributed by atoms with E-state index in [0.29, 0.717) is 17.6 Å². The van der Waals surface area contributed by atoms with Crippen molar-refractivity contribution in [3.8, 4) is 0 Å². The van der Waals surface area contributed by atoms with Gasteiger partial charge in [0.2, 0.25) is 0 Å². The zero-order chi connectivity index (χ0) is 11.7. The summed E-state index contributed by atoms with van der Waals surface area (Å²) in [6.07, 6.45) is 0. The predicted octanol–water partition coefficient (Wildman–Crippen LogP) is 2.46. The molecule has 86 valence electrons. The largest absolute Gasteiger partial charge is 0.326 e. The molecule has 0 spiro atoms. The molecule has 1 heterocycles. The minimum absolute atomic E-state index is 0.000355. The maximum atomic E-state index is 13.1. The van der Waals surface area contributed by atoms with Gasteiger partial charge in [-0.3, -0.25) is 0 Å². The third-order valence-corrected chi connectivity index (χ3v) is 3.06. The molecule has 0 bridgehead atoms. The summed E-state index contributed by atoms with van der Waals surface area (Å²) >= 11 is 3.24. The summed E-state index contributed by atoms with van der Waals surface area (Å²) < 4.78 is 13.8. The molecule has 3 nitrogen and oxygen atoms in total. The lowest BCUT2D eigenvalue weighted by molar-refractivity contribution is 0.197. The highest BCUT2D eigenvalue weighted by Gasteiger charge is 2.25. The molecule has 16 heavy (non-hydrogen) atoms. The van der Waals surface area contributed by atoms with Gasteiger partial charge >= 0.3 is 6.03 Å². The highest BCUT2D eigenvalue weighted by atomic mass is 79.9. The highest BCUT2D eigenvalue weighted by Crippen LogP contribution is 2.18. The van der Waals surface area contributed by atoms with E-state index < -0.39 is 0 Å². The molecule has 1 aliphatic heterocycles. The van der Waals surface area contributed by atoms with Crippen LogP contribution in [0.3, 0.4) is 0 Å². The Morgan fingerprint density at radius 1 is 1.38 bits per heavy atom. The summed E-state index contributed by atoms with van der Waals surface area (Å²) in [4.78, 5) is 15.0. The molecule has 1 aromatic rings. The Bertz CT molecular complexity index is 404. The Morgan fingerprint density at radius 2 is 2.12 bits per heavy atom. The molecule has 0 radical (unpaired) electrons. The van der Waals surface area contributed by atoms with Crippen molar-refractivity contribution in [2.75, 3.05) is 20.1 Å². The zero-order valence-electron chi connectivity index (χ0n) is 8.91. The first-order valence-electron chi connectivity index (χ1n) is 5.01. The average Bonchev–Trinajstić information content (AvgIpc) is 2.48. The SMILES string of the molecule is CN1CCN(Cc2cc(F)cc(Br)c2)C1=O. The molecule has 0 N–H and O–H groups in total. The van der Waals surface area contributed by atoms with E-state index in [1.807, 2.05) is 6.07 Å². The first kappa shape index (κ1) is 11.4. The van der Waals surface area contributed by atoms with Gasteiger partial charge in [-0.15, -0.1) is 0 Å². The fourth-order valence-electron chi connectivity index (χ4n) is 1.77. The Labute approximate surface area is 102 Å². The van der Waals surface area contributed by atoms with Crippen LogP contribution in [0.5, 0.6) is 0 Å². The maximum Gasteiger partial charge on any atom is 0.320 e. The molecule has 1 saturated heterocycles. The summed E-state index contributed by atoms with van der Waals surface area (Å²) in [7, 11) is 1.77. The van der Waals surface area contributed by atoms with Crippen molar-refractivity contribution < 1.29 is 9.18 Å². The molecule has 2 rings (SSSR count). The maximum absolute atomic E-state index is 13.1. The van der Waals surface area contributed by atoms with Gasteiger partial charge in [-0.25, -0.2) is 9.18 Å². The van der Waals surface area contributed by atoms with E-state index in [0.717, 1.165) is 12.1 Å². The highest BCUT2D eigenvalue weighted by molar-refractivity contribution is 9.10. The van der Waals surface area contributed by atoms with E-state index >= 15 is 0 Å². The number of hydrogen-bond donors (Lipinski definition) is 0. The topological polar surface area (TPSA) is 23.6 Å². The molecule has 1 aromatic carbocycles. The van der Waals surface area contributed by atoms with Crippen LogP contribution in [0.25, 0.3) is 0 Å². The van der Waals surface area contributed by atoms with Crippen LogP contribution in [0.4, 0.5) is 9.18 Å². The molecule has 0 unspecified atom stereocenters. The summed E-state index contributed by atoms with van der Waals surface area (Å²) in [5.74, 6) is -0.288. The van der Waals surface area contributed by atoms with Crippen LogP contribution in [-0.2, 0) is 6.54 Å². The number of rotatable bonds is 2. The van der Waals surface area contributed by atoms with Crippen LogP contribution >= 0.6 is 15.9 Å². The first-order valence-corrected chi connectivity index (χ1v) is 5.80. The van der Waals surface area contributed by atoms with Gasteiger partial charge in [0.25, 0.3) is 0 Å². The minimum atomic E-state index is -0.288. The van der Waals surface area contributed by atoms with Crippen LogP contribution < -0.4 is 0 Å². The third-order valence-electron chi connectivity index (χ3n) is 2.60. The monoisotopic (exact) mass is 286 g/mol. The molecule has 0 aliphatic carbocycles. The summed E-state index contributed by atoms with van der Waals surface area (Å²) in [5.41, 5.74) is 0.801. The quantitative estimate of drug-likeness (QED) is 0.819. The van der Waals surface area contributed by atoms with Gasteiger partial charge in [0.05, 0.1) is 0 Å². The van der Waals surface area contributed by atoms with Gasteiger partial charge in [-0.2, -0.15) is 0 Å². The average molecular weight is 287 g/mol. The second-order valence-corrected chi connectivity index (χ2v) is 4.82. The van der Waals surface area contributed by atoms with Crippen molar-refractivity contribution in [3.05, 3.63) is 34.1 Å². The molecular formula is C11H12BrFN2O. The number of halogens is 2. The molecule has 0 saturated carbocycles. The number of hydrogen-bond acceptors (Lipinski definition) is 1. The summed E-state index contributed by atoms with van der Waals surface area (Å²) in [6, 6.07) is 4.69. The molecule has 1 fully saturated rings. The van der Waals surface area contributed by atoms with Crippen molar-refractivity contribution in [2.45, 2.75) is 6.54 Å². The molecule has 5 heteroatoms. The van der Waals surface area contributed by atoms with Crippen molar-refractivity contribution in [2.24, 2.45) is 0 Å². The van der Waals surface area contributed by atoms with Gasteiger partial charge in [-0.05, 0) is 23.8 Å². The lowest BCUT2D eigenvalue weighted by Gasteiger charge is -2.16. The van der Waals surface area contributed by atoms with Gasteiger partial charge in [0.1, 0.15) is 5.82 Å². The number of amides is 2. The molecule has 1 aliphatic rings. The summed E-state index contributed by atoms with van der Waals surface area (Å²) in [5, 5.41) is 0. The van der Waals surface area contributed by atoms with Crippen molar-refractivity contribution in [1.29, 1.82) is 0 Å². The van der Waals surface area contributed by atoms with Crippen LogP contribution in [0, 0.1) is 5.82 Å². The number of benzene rings is 1. The fraction of sp³-hybridized carbons (Fsp3) is 0.364. The normalized spacial score (nSPS) is 16.1. The van der Waals surface area contributed by atoms with E-state index in [4.69, 9.17) is 0 Å². The Balaban J connectivity index is 2.12. The van der Waals surface area contributed by atoms with Crippen molar-refractivity contribution >= 4 is 22.0 Å². The fourth-order valence-corrected chi connectivity index (χ4v) is 2.29. The Morgan fingerprint density at radius 3 is 2.69 bits per heavy atom. The van der Waals surface area contributed by atoms with E-state index in [1.165, 1.54) is 12.1 Å². The van der Waals surface area contributed by atoms with E-state index in [9.17, 15) is 9.18 Å². The molecule has 0 atom stereocenters. The lowest BCUT2D eigenvalue weighted by Crippen LogP contribution is -2.28. The zero-order valence-corrected chi connectivity index (χ0v) is 10.5. The summed E-state index contributed by atoms with van der Waals surface area (Å²) in [6.45, 7) is 1.89. The third kappa shape index (κ3) is 2.35. The van der Waals surface area contributed by atoms with Crippen molar-refractivity contribution in [1.82, 2.24) is 9.80 Å². The second-order valence-electron chi connectivity index (χ2n) is 3.90. The number of carbonyl (C=O) groups is 1. The smallest absolute Gasteiger partial charge is 0.320 e. The van der Waals surface area contributed by atoms with Gasteiger partial charge < -0.3 is 9.80 Å². The van der Waals surface area contributed by atoms with E-state index in [-0.39, 0.29) is 11.8 Å². The van der Waals surface area contributed by atoms with Crippen LogP contribution in [-0.4, -0.2) is 36.0 Å². The number of likely N-dealkylation sites (N-methyl/N-ethyl adjacent to an activating group) is 1. The number of urea groups is 1. The lowest BCUT2D eigenvalue weighted by atomic mass is 10.2. The first-order chi connectivity index (χ1) is 7.56. The molecule has 0 aromatic heterocycles. The van der Waals surface area contributed by atoms with Crippen LogP contribution in [0.1, 0.15) is 5.56 Å². The van der Waals surface area contributed by atoms with E-state index in [2.05, 4.69) is 15.9 Å². The van der Waals surface area contributed by atoms with E-state index in [1.54, 1.807) is 16.8 Å². The standard InChI is InChI=1S/C11H12BrFN2O/c1-14-2-3-15(11(14)16)7-8-4-9(12)6-10(13)5-8/h4-6H,2-3,7H2,1H3. The predicted molar refractivity (Wildman–Crippen MR) is 62.5 cm³/mol. The van der Waals surface area contributed by atoms with Gasteiger partial charge in [-0.1, -0.05) is 15.9 Å². The number of carbonyl (C=O) groups excluding carboxylic acids is 1. The minimum Gasteiger partial charge on any atom is -0.326 e. The van der Waals surface area contributed by atoms with Gasteiger partial charge in [0.15, 0.2) is 0 Å².